The number of piperazine rings is 1. The zero-order valence-corrected chi connectivity index (χ0v) is 15.6. The normalized spacial score (nSPS) is 20.8. The van der Waals surface area contributed by atoms with Crippen LogP contribution in [0.25, 0.3) is 0 Å². The first-order valence-corrected chi connectivity index (χ1v) is 9.75. The minimum absolute atomic E-state index is 0.280. The maximum atomic E-state index is 12.5. The number of rotatable bonds is 4. The summed E-state index contributed by atoms with van der Waals surface area (Å²) in [5, 5.41) is 4.17. The van der Waals surface area contributed by atoms with E-state index in [1.54, 1.807) is 4.68 Å². The summed E-state index contributed by atoms with van der Waals surface area (Å²) < 4.78 is 1.79. The molecule has 4 rings (SSSR count). The number of aromatic nitrogens is 2. The van der Waals surface area contributed by atoms with Crippen molar-refractivity contribution < 1.29 is 4.79 Å². The number of nitrogens with zero attached hydrogens (tertiary/aromatic N) is 4. The van der Waals surface area contributed by atoms with E-state index in [2.05, 4.69) is 34.3 Å². The van der Waals surface area contributed by atoms with Gasteiger partial charge in [-0.25, -0.2) is 0 Å². The molecule has 1 aliphatic carbocycles. The Morgan fingerprint density at radius 3 is 2.65 bits per heavy atom. The zero-order chi connectivity index (χ0) is 17.9. The Morgan fingerprint density at radius 2 is 1.92 bits per heavy atom. The molecule has 0 bridgehead atoms. The lowest BCUT2D eigenvalue weighted by Crippen LogP contribution is -2.53. The third kappa shape index (κ3) is 3.83. The van der Waals surface area contributed by atoms with Crippen LogP contribution < -0.4 is 0 Å². The van der Waals surface area contributed by atoms with Crippen LogP contribution >= 0.6 is 0 Å². The van der Waals surface area contributed by atoms with Gasteiger partial charge in [0.2, 0.25) is 5.91 Å². The van der Waals surface area contributed by atoms with Gasteiger partial charge in [-0.15, -0.1) is 0 Å². The second-order valence-corrected chi connectivity index (χ2v) is 7.60. The van der Waals surface area contributed by atoms with Gasteiger partial charge in [-0.2, -0.15) is 5.10 Å². The molecular weight excluding hydrogens is 324 g/mol. The molecule has 0 spiro atoms. The van der Waals surface area contributed by atoms with E-state index in [0.717, 1.165) is 44.6 Å². The Bertz CT molecular complexity index is 761. The van der Waals surface area contributed by atoms with E-state index in [0.29, 0.717) is 12.5 Å². The van der Waals surface area contributed by atoms with Crippen LogP contribution in [0.4, 0.5) is 0 Å². The highest BCUT2D eigenvalue weighted by atomic mass is 16.2. The molecule has 2 heterocycles. The molecule has 5 nitrogen and oxygen atoms in total. The number of hydrogen-bond donors (Lipinski definition) is 0. The summed E-state index contributed by atoms with van der Waals surface area (Å²) in [6.07, 6.45) is 8.80. The lowest BCUT2D eigenvalue weighted by Gasteiger charge is -2.41. The van der Waals surface area contributed by atoms with Crippen LogP contribution in [0.1, 0.15) is 29.5 Å². The van der Waals surface area contributed by atoms with E-state index in [4.69, 9.17) is 0 Å². The quantitative estimate of drug-likeness (QED) is 0.846. The van der Waals surface area contributed by atoms with Crippen LogP contribution in [-0.4, -0.2) is 57.7 Å². The van der Waals surface area contributed by atoms with Crippen LogP contribution in [0.15, 0.2) is 36.7 Å². The molecule has 1 aromatic heterocycles. The minimum Gasteiger partial charge on any atom is -0.340 e. The van der Waals surface area contributed by atoms with Crippen LogP contribution in [0.2, 0.25) is 0 Å². The standard InChI is InChI=1S/C21H28N4O/c1-23-16-17(15-22-23)6-9-21(26)25-12-10-24(11-13-25)20-8-7-18-4-2-3-5-19(18)14-20/h2-5,15-16,20H,6-14H2,1H3/t20-/m1/s1. The molecule has 0 radical (unpaired) electrons. The average molecular weight is 352 g/mol. The molecular formula is C21H28N4O. The van der Waals surface area contributed by atoms with Gasteiger partial charge in [-0.3, -0.25) is 14.4 Å². The van der Waals surface area contributed by atoms with Gasteiger partial charge in [0.1, 0.15) is 0 Å². The predicted molar refractivity (Wildman–Crippen MR) is 102 cm³/mol. The molecule has 26 heavy (non-hydrogen) atoms. The molecule has 0 N–H and O–H groups in total. The summed E-state index contributed by atoms with van der Waals surface area (Å²) in [4.78, 5) is 17.1. The summed E-state index contributed by atoms with van der Waals surface area (Å²) in [7, 11) is 1.91. The van der Waals surface area contributed by atoms with Gasteiger partial charge < -0.3 is 4.90 Å². The second kappa shape index (κ2) is 7.62. The Balaban J connectivity index is 1.26. The van der Waals surface area contributed by atoms with E-state index in [-0.39, 0.29) is 5.91 Å². The monoisotopic (exact) mass is 352 g/mol. The summed E-state index contributed by atoms with van der Waals surface area (Å²) >= 11 is 0. The van der Waals surface area contributed by atoms with E-state index in [1.165, 1.54) is 24.0 Å². The van der Waals surface area contributed by atoms with E-state index in [9.17, 15) is 4.79 Å². The summed E-state index contributed by atoms with van der Waals surface area (Å²) in [5.41, 5.74) is 4.17. The molecule has 1 aromatic carbocycles. The number of aryl methyl sites for hydroxylation is 3. The molecule has 1 fully saturated rings. The van der Waals surface area contributed by atoms with Crippen molar-refractivity contribution in [3.8, 4) is 0 Å². The molecule has 0 unspecified atom stereocenters. The highest BCUT2D eigenvalue weighted by molar-refractivity contribution is 5.76. The fraction of sp³-hybridized carbons (Fsp3) is 0.524. The van der Waals surface area contributed by atoms with Crippen molar-refractivity contribution >= 4 is 5.91 Å². The van der Waals surface area contributed by atoms with Crippen LogP contribution in [0.3, 0.4) is 0 Å². The maximum absolute atomic E-state index is 12.5. The molecule has 5 heteroatoms. The number of benzene rings is 1. The van der Waals surface area contributed by atoms with E-state index >= 15 is 0 Å². The maximum Gasteiger partial charge on any atom is 0.222 e. The number of fused-ring (bicyclic) bond motifs is 1. The molecule has 0 saturated carbocycles. The van der Waals surface area contributed by atoms with Crippen molar-refractivity contribution in [1.82, 2.24) is 19.6 Å². The number of carbonyl (C=O) groups is 1. The highest BCUT2D eigenvalue weighted by Crippen LogP contribution is 2.25. The van der Waals surface area contributed by atoms with Crippen molar-refractivity contribution in [3.63, 3.8) is 0 Å². The number of hydrogen-bond acceptors (Lipinski definition) is 3. The van der Waals surface area contributed by atoms with Gasteiger partial charge in [-0.1, -0.05) is 24.3 Å². The van der Waals surface area contributed by atoms with Gasteiger partial charge in [-0.05, 0) is 42.4 Å². The molecule has 1 amide bonds. The molecule has 1 aliphatic heterocycles. The SMILES string of the molecule is Cn1cc(CCC(=O)N2CCN([C@@H]3CCc4ccccc4C3)CC2)cn1. The minimum atomic E-state index is 0.280. The fourth-order valence-corrected chi connectivity index (χ4v) is 4.34. The van der Waals surface area contributed by atoms with Gasteiger partial charge in [0, 0.05) is 51.9 Å². The molecule has 138 valence electrons. The zero-order valence-electron chi connectivity index (χ0n) is 15.6. The lowest BCUT2D eigenvalue weighted by atomic mass is 9.87. The van der Waals surface area contributed by atoms with Crippen molar-refractivity contribution in [2.45, 2.75) is 38.1 Å². The van der Waals surface area contributed by atoms with Crippen molar-refractivity contribution in [3.05, 3.63) is 53.3 Å². The Morgan fingerprint density at radius 1 is 1.15 bits per heavy atom. The largest absolute Gasteiger partial charge is 0.340 e. The lowest BCUT2D eigenvalue weighted by molar-refractivity contribution is -0.133. The number of amides is 1. The van der Waals surface area contributed by atoms with E-state index < -0.39 is 0 Å². The van der Waals surface area contributed by atoms with Crippen molar-refractivity contribution in [1.29, 1.82) is 0 Å². The van der Waals surface area contributed by atoms with Crippen molar-refractivity contribution in [2.75, 3.05) is 26.2 Å². The van der Waals surface area contributed by atoms with Gasteiger partial charge in [0.15, 0.2) is 0 Å². The van der Waals surface area contributed by atoms with Crippen LogP contribution in [0, 0.1) is 0 Å². The highest BCUT2D eigenvalue weighted by Gasteiger charge is 2.28. The van der Waals surface area contributed by atoms with Gasteiger partial charge in [0.05, 0.1) is 6.20 Å². The van der Waals surface area contributed by atoms with Crippen LogP contribution in [-0.2, 0) is 31.1 Å². The Labute approximate surface area is 155 Å². The Kier molecular flexibility index (Phi) is 5.07. The topological polar surface area (TPSA) is 41.4 Å². The third-order valence-corrected chi connectivity index (χ3v) is 5.89. The fourth-order valence-electron chi connectivity index (χ4n) is 4.34. The second-order valence-electron chi connectivity index (χ2n) is 7.60. The summed E-state index contributed by atoms with van der Waals surface area (Å²) in [6, 6.07) is 9.48. The molecule has 2 aromatic rings. The first-order chi connectivity index (χ1) is 12.7. The average Bonchev–Trinajstić information content (AvgIpc) is 3.11. The third-order valence-electron chi connectivity index (χ3n) is 5.89. The van der Waals surface area contributed by atoms with Crippen molar-refractivity contribution in [2.24, 2.45) is 7.05 Å². The number of carbonyl (C=O) groups excluding carboxylic acids is 1. The first kappa shape index (κ1) is 17.3. The van der Waals surface area contributed by atoms with Gasteiger partial charge >= 0.3 is 0 Å². The predicted octanol–water partition coefficient (Wildman–Crippen LogP) is 2.05. The van der Waals surface area contributed by atoms with E-state index in [1.807, 2.05) is 24.3 Å². The van der Waals surface area contributed by atoms with Crippen LogP contribution in [0.5, 0.6) is 0 Å². The van der Waals surface area contributed by atoms with Gasteiger partial charge in [0.25, 0.3) is 0 Å². The first-order valence-electron chi connectivity index (χ1n) is 9.75. The molecule has 1 atom stereocenters. The smallest absolute Gasteiger partial charge is 0.222 e. The summed E-state index contributed by atoms with van der Waals surface area (Å²) in [6.45, 7) is 3.74. The Hall–Kier alpha value is -2.14. The molecule has 1 saturated heterocycles. The molecule has 2 aliphatic rings. The summed E-state index contributed by atoms with van der Waals surface area (Å²) in [5.74, 6) is 0.280.